The molecule has 0 amide bonds. The van der Waals surface area contributed by atoms with E-state index < -0.39 is 0 Å². The Bertz CT molecular complexity index is 1210. The van der Waals surface area contributed by atoms with E-state index in [0.29, 0.717) is 31.5 Å². The Morgan fingerprint density at radius 3 is 2.76 bits per heavy atom. The summed E-state index contributed by atoms with van der Waals surface area (Å²) in [5, 5.41) is 0. The molecule has 0 spiro atoms. The van der Waals surface area contributed by atoms with E-state index in [9.17, 15) is 4.79 Å². The number of anilines is 1. The number of carbonyl (C=O) groups is 1. The summed E-state index contributed by atoms with van der Waals surface area (Å²) in [5.74, 6) is 2.65. The van der Waals surface area contributed by atoms with Crippen LogP contribution in [0.3, 0.4) is 0 Å². The number of carbonyl (C=O) groups excluding carboxylic acids is 1. The van der Waals surface area contributed by atoms with Crippen molar-refractivity contribution in [2.75, 3.05) is 44.4 Å². The summed E-state index contributed by atoms with van der Waals surface area (Å²) < 4.78 is 19.6. The number of hydrogen-bond donors (Lipinski definition) is 0. The Hall–Kier alpha value is -3.17. The van der Waals surface area contributed by atoms with Crippen LogP contribution < -0.4 is 14.4 Å². The average molecular weight is 464 g/mol. The summed E-state index contributed by atoms with van der Waals surface area (Å²) in [4.78, 5) is 25.6. The van der Waals surface area contributed by atoms with Crippen molar-refractivity contribution in [2.24, 2.45) is 0 Å². The molecule has 0 N–H and O–H groups in total. The fraction of sp³-hybridized carbons (Fsp3) is 0.480. The summed E-state index contributed by atoms with van der Waals surface area (Å²) in [6, 6.07) is 10.0. The molecule has 0 bridgehead atoms. The Balaban J connectivity index is 1.23. The lowest BCUT2D eigenvalue weighted by molar-refractivity contribution is -0.0593. The van der Waals surface area contributed by atoms with Crippen molar-refractivity contribution in [3.63, 3.8) is 0 Å². The molecule has 9 heteroatoms. The molecule has 5 heterocycles. The second-order valence-electron chi connectivity index (χ2n) is 9.18. The lowest BCUT2D eigenvalue weighted by Gasteiger charge is -2.41. The first-order chi connectivity index (χ1) is 16.7. The molecule has 2 atom stereocenters. The van der Waals surface area contributed by atoms with Crippen molar-refractivity contribution in [2.45, 2.75) is 38.6 Å². The summed E-state index contributed by atoms with van der Waals surface area (Å²) in [5.41, 5.74) is 3.10. The van der Waals surface area contributed by atoms with Gasteiger partial charge in [-0.1, -0.05) is 6.07 Å². The largest absolute Gasteiger partial charge is 0.486 e. The second-order valence-corrected chi connectivity index (χ2v) is 9.18. The first-order valence-electron chi connectivity index (χ1n) is 12.0. The molecule has 2 fully saturated rings. The van der Waals surface area contributed by atoms with Gasteiger partial charge in [0.1, 0.15) is 30.2 Å². The van der Waals surface area contributed by atoms with Crippen molar-refractivity contribution in [3.8, 4) is 11.5 Å². The average Bonchev–Trinajstić information content (AvgIpc) is 3.18. The van der Waals surface area contributed by atoms with Crippen LogP contribution in [0.5, 0.6) is 11.5 Å². The zero-order valence-electron chi connectivity index (χ0n) is 19.4. The van der Waals surface area contributed by atoms with Gasteiger partial charge < -0.3 is 23.7 Å². The van der Waals surface area contributed by atoms with Gasteiger partial charge in [0.25, 0.3) is 0 Å². The van der Waals surface area contributed by atoms with E-state index >= 15 is 0 Å². The smallest absolute Gasteiger partial charge is 0.184 e. The predicted molar refractivity (Wildman–Crippen MR) is 127 cm³/mol. The highest BCUT2D eigenvalue weighted by molar-refractivity contribution is 5.79. The van der Waals surface area contributed by atoms with Crippen LogP contribution in [-0.2, 0) is 17.8 Å². The number of piperazine rings is 1. The number of fused-ring (bicyclic) bond motifs is 2. The maximum atomic E-state index is 11.3. The van der Waals surface area contributed by atoms with Gasteiger partial charge in [0, 0.05) is 32.3 Å². The number of nitrogens with zero attached hydrogens (tertiary/aromatic N) is 5. The molecule has 9 nitrogen and oxygen atoms in total. The van der Waals surface area contributed by atoms with Crippen LogP contribution in [-0.4, -0.2) is 77.3 Å². The van der Waals surface area contributed by atoms with Crippen LogP contribution in [0.1, 0.15) is 29.7 Å². The molecule has 2 saturated heterocycles. The third-order valence-corrected chi connectivity index (χ3v) is 6.99. The number of benzene rings is 1. The third kappa shape index (κ3) is 3.88. The highest BCUT2D eigenvalue weighted by atomic mass is 16.6. The van der Waals surface area contributed by atoms with Crippen LogP contribution in [0.2, 0.25) is 0 Å². The third-order valence-electron chi connectivity index (χ3n) is 6.99. The van der Waals surface area contributed by atoms with Crippen molar-refractivity contribution >= 4 is 23.1 Å². The van der Waals surface area contributed by atoms with Gasteiger partial charge in [0.2, 0.25) is 0 Å². The maximum Gasteiger partial charge on any atom is 0.184 e. The molecule has 3 aliphatic rings. The number of para-hydroxylation sites is 1. The van der Waals surface area contributed by atoms with Gasteiger partial charge in [-0.2, -0.15) is 0 Å². The zero-order valence-corrected chi connectivity index (χ0v) is 19.4. The van der Waals surface area contributed by atoms with Gasteiger partial charge >= 0.3 is 0 Å². The number of imidazole rings is 1. The second kappa shape index (κ2) is 8.88. The summed E-state index contributed by atoms with van der Waals surface area (Å²) in [6.45, 7) is 8.35. The van der Waals surface area contributed by atoms with E-state index in [-0.39, 0.29) is 6.10 Å². The van der Waals surface area contributed by atoms with Gasteiger partial charge in [-0.15, -0.1) is 0 Å². The van der Waals surface area contributed by atoms with E-state index in [4.69, 9.17) is 19.2 Å². The fourth-order valence-corrected chi connectivity index (χ4v) is 5.01. The van der Waals surface area contributed by atoms with Crippen molar-refractivity contribution < 1.29 is 19.0 Å². The van der Waals surface area contributed by atoms with Gasteiger partial charge in [0.15, 0.2) is 23.4 Å². The number of ether oxygens (including phenoxy) is 3. The van der Waals surface area contributed by atoms with Crippen LogP contribution in [0.4, 0.5) is 5.69 Å². The normalized spacial score (nSPS) is 22.6. The summed E-state index contributed by atoms with van der Waals surface area (Å²) in [7, 11) is 0. The standard InChI is InChI=1S/C25H29N5O4/c1-17-13-29(21-3-2-4-22-24(21)34-12-11-33-22)9-8-28(17)15-23-27-20-6-5-18(16-31)26-25(20)30(23)14-19-7-10-32-19/h2-6,16-17,19H,7-15H2,1H3. The van der Waals surface area contributed by atoms with E-state index in [1.165, 1.54) is 0 Å². The molecule has 34 heavy (non-hydrogen) atoms. The minimum Gasteiger partial charge on any atom is -0.486 e. The van der Waals surface area contributed by atoms with Crippen molar-refractivity contribution in [1.82, 2.24) is 19.4 Å². The molecule has 0 aliphatic carbocycles. The lowest BCUT2D eigenvalue weighted by atomic mass is 10.1. The van der Waals surface area contributed by atoms with Gasteiger partial charge in [-0.05, 0) is 37.6 Å². The Kier molecular flexibility index (Phi) is 5.58. The molecule has 2 unspecified atom stereocenters. The monoisotopic (exact) mass is 463 g/mol. The highest BCUT2D eigenvalue weighted by Crippen LogP contribution is 2.40. The van der Waals surface area contributed by atoms with Crippen LogP contribution in [0.25, 0.3) is 11.2 Å². The molecule has 178 valence electrons. The summed E-state index contributed by atoms with van der Waals surface area (Å²) in [6.07, 6.45) is 2.00. The molecular weight excluding hydrogens is 434 g/mol. The first-order valence-corrected chi connectivity index (χ1v) is 12.0. The van der Waals surface area contributed by atoms with E-state index in [2.05, 4.69) is 32.3 Å². The van der Waals surface area contributed by atoms with E-state index in [1.807, 2.05) is 18.2 Å². The Morgan fingerprint density at radius 1 is 1.09 bits per heavy atom. The molecule has 6 rings (SSSR count). The van der Waals surface area contributed by atoms with E-state index in [1.54, 1.807) is 6.07 Å². The van der Waals surface area contributed by atoms with Gasteiger partial charge in [-0.3, -0.25) is 9.69 Å². The molecule has 3 aromatic rings. The number of aromatic nitrogens is 3. The summed E-state index contributed by atoms with van der Waals surface area (Å²) >= 11 is 0. The number of hydrogen-bond acceptors (Lipinski definition) is 8. The number of aldehydes is 1. The Morgan fingerprint density at radius 2 is 1.97 bits per heavy atom. The van der Waals surface area contributed by atoms with Crippen LogP contribution in [0.15, 0.2) is 30.3 Å². The highest BCUT2D eigenvalue weighted by Gasteiger charge is 2.30. The quantitative estimate of drug-likeness (QED) is 0.516. The topological polar surface area (TPSA) is 82.0 Å². The number of rotatable bonds is 6. The minimum atomic E-state index is 0.179. The molecule has 0 radical (unpaired) electrons. The molecule has 3 aliphatic heterocycles. The first kappa shape index (κ1) is 21.4. The molecular formula is C25H29N5O4. The minimum absolute atomic E-state index is 0.179. The van der Waals surface area contributed by atoms with Crippen LogP contribution in [0, 0.1) is 0 Å². The SMILES string of the molecule is CC1CN(c2cccc3c2OCCO3)CCN1Cc1nc2ccc(C=O)nc2n1CC1CCO1. The lowest BCUT2D eigenvalue weighted by Crippen LogP contribution is -2.52. The molecule has 0 saturated carbocycles. The molecule has 2 aromatic heterocycles. The molecule has 1 aromatic carbocycles. The van der Waals surface area contributed by atoms with Crippen molar-refractivity contribution in [3.05, 3.63) is 41.9 Å². The van der Waals surface area contributed by atoms with Crippen molar-refractivity contribution in [1.29, 1.82) is 0 Å². The fourth-order valence-electron chi connectivity index (χ4n) is 5.01. The number of pyridine rings is 1. The van der Waals surface area contributed by atoms with Crippen LogP contribution >= 0.6 is 0 Å². The predicted octanol–water partition coefficient (Wildman–Crippen LogP) is 2.51. The Labute approximate surface area is 198 Å². The zero-order chi connectivity index (χ0) is 23.1. The maximum absolute atomic E-state index is 11.3. The van der Waals surface area contributed by atoms with E-state index in [0.717, 1.165) is 79.7 Å². The van der Waals surface area contributed by atoms with Gasteiger partial charge in [0.05, 0.1) is 24.9 Å². The van der Waals surface area contributed by atoms with Gasteiger partial charge in [-0.25, -0.2) is 9.97 Å².